The Morgan fingerprint density at radius 2 is 2.19 bits per heavy atom. The van der Waals surface area contributed by atoms with E-state index < -0.39 is 17.4 Å². The first-order valence-corrected chi connectivity index (χ1v) is 5.28. The van der Waals surface area contributed by atoms with E-state index in [4.69, 9.17) is 11.5 Å². The van der Waals surface area contributed by atoms with Crippen molar-refractivity contribution >= 4 is 12.0 Å². The molecule has 0 spiro atoms. The molecule has 88 valence electrons. The Balaban J connectivity index is 2.31. The van der Waals surface area contributed by atoms with E-state index >= 15 is 0 Å². The third-order valence-electron chi connectivity index (χ3n) is 2.81. The molecule has 5 heteroatoms. The Hall–Kier alpha value is -1.70. The molecule has 16 heavy (non-hydrogen) atoms. The SMILES string of the molecule is C#CC(CC)NC(=O)NCC1(C(=O)O)CC1. The number of carboxylic acid groups (broad SMARTS) is 1. The fourth-order valence-electron chi connectivity index (χ4n) is 1.34. The summed E-state index contributed by atoms with van der Waals surface area (Å²) in [6, 6.07) is -0.711. The van der Waals surface area contributed by atoms with Crippen molar-refractivity contribution in [2.75, 3.05) is 6.54 Å². The van der Waals surface area contributed by atoms with Crippen molar-refractivity contribution in [3.8, 4) is 12.3 Å². The molecular weight excluding hydrogens is 208 g/mol. The zero-order valence-electron chi connectivity index (χ0n) is 9.25. The van der Waals surface area contributed by atoms with Crippen LogP contribution in [0.4, 0.5) is 4.79 Å². The van der Waals surface area contributed by atoms with Gasteiger partial charge in [0.05, 0.1) is 11.5 Å². The molecule has 0 aromatic heterocycles. The van der Waals surface area contributed by atoms with Crippen LogP contribution >= 0.6 is 0 Å². The minimum Gasteiger partial charge on any atom is -0.481 e. The van der Waals surface area contributed by atoms with Gasteiger partial charge in [0.15, 0.2) is 0 Å². The third-order valence-corrected chi connectivity index (χ3v) is 2.81. The van der Waals surface area contributed by atoms with E-state index in [2.05, 4.69) is 16.6 Å². The van der Waals surface area contributed by atoms with Crippen molar-refractivity contribution < 1.29 is 14.7 Å². The summed E-state index contributed by atoms with van der Waals surface area (Å²) in [6.45, 7) is 2.03. The number of rotatable bonds is 5. The Kier molecular flexibility index (Phi) is 3.78. The van der Waals surface area contributed by atoms with Crippen LogP contribution in [0.5, 0.6) is 0 Å². The maximum atomic E-state index is 11.4. The van der Waals surface area contributed by atoms with Crippen LogP contribution in [0.25, 0.3) is 0 Å². The van der Waals surface area contributed by atoms with Crippen LogP contribution in [-0.4, -0.2) is 29.7 Å². The zero-order valence-corrected chi connectivity index (χ0v) is 9.25. The predicted octanol–water partition coefficient (Wildman–Crippen LogP) is 0.562. The van der Waals surface area contributed by atoms with Gasteiger partial charge in [0, 0.05) is 6.54 Å². The van der Waals surface area contributed by atoms with Crippen molar-refractivity contribution in [3.05, 3.63) is 0 Å². The molecule has 1 aliphatic rings. The molecular formula is C11H16N2O3. The lowest BCUT2D eigenvalue weighted by Crippen LogP contribution is -2.44. The molecule has 1 saturated carbocycles. The predicted molar refractivity (Wildman–Crippen MR) is 58.7 cm³/mol. The van der Waals surface area contributed by atoms with Crippen molar-refractivity contribution in [2.24, 2.45) is 5.41 Å². The minimum atomic E-state index is -0.850. The van der Waals surface area contributed by atoms with Crippen molar-refractivity contribution in [1.29, 1.82) is 0 Å². The number of nitrogens with one attached hydrogen (secondary N) is 2. The number of carboxylic acids is 1. The molecule has 0 aliphatic heterocycles. The number of carbonyl (C=O) groups is 2. The van der Waals surface area contributed by atoms with Gasteiger partial charge in [-0.05, 0) is 19.3 Å². The van der Waals surface area contributed by atoms with Gasteiger partial charge in [-0.1, -0.05) is 12.8 Å². The van der Waals surface area contributed by atoms with Gasteiger partial charge >= 0.3 is 12.0 Å². The monoisotopic (exact) mass is 224 g/mol. The number of hydrogen-bond donors (Lipinski definition) is 3. The molecule has 2 amide bonds. The zero-order chi connectivity index (χ0) is 12.2. The van der Waals surface area contributed by atoms with E-state index in [1.807, 2.05) is 6.92 Å². The third kappa shape index (κ3) is 2.89. The second kappa shape index (κ2) is 4.88. The molecule has 1 unspecified atom stereocenters. The summed E-state index contributed by atoms with van der Waals surface area (Å²) in [6.07, 6.45) is 7.07. The fraction of sp³-hybridized carbons (Fsp3) is 0.636. The van der Waals surface area contributed by atoms with Crippen LogP contribution in [-0.2, 0) is 4.79 Å². The summed E-state index contributed by atoms with van der Waals surface area (Å²) < 4.78 is 0. The van der Waals surface area contributed by atoms with Gasteiger partial charge in [0.1, 0.15) is 0 Å². The Morgan fingerprint density at radius 1 is 1.56 bits per heavy atom. The van der Waals surface area contributed by atoms with Gasteiger partial charge in [-0.3, -0.25) is 4.79 Å². The lowest BCUT2D eigenvalue weighted by Gasteiger charge is -2.14. The van der Waals surface area contributed by atoms with Crippen LogP contribution in [0.15, 0.2) is 0 Å². The lowest BCUT2D eigenvalue weighted by molar-refractivity contribution is -0.143. The molecule has 0 saturated heterocycles. The first kappa shape index (κ1) is 12.4. The van der Waals surface area contributed by atoms with Gasteiger partial charge < -0.3 is 15.7 Å². The molecule has 0 radical (unpaired) electrons. The number of amides is 2. The Bertz CT molecular complexity index is 329. The van der Waals surface area contributed by atoms with E-state index in [0.29, 0.717) is 19.3 Å². The molecule has 0 heterocycles. The average Bonchev–Trinajstić information content (AvgIpc) is 3.04. The fourth-order valence-corrected chi connectivity index (χ4v) is 1.34. The summed E-state index contributed by atoms with van der Waals surface area (Å²) in [5.74, 6) is 1.58. The summed E-state index contributed by atoms with van der Waals surface area (Å²) in [5, 5.41) is 14.0. The van der Waals surface area contributed by atoms with E-state index in [1.165, 1.54) is 0 Å². The van der Waals surface area contributed by atoms with Crippen molar-refractivity contribution in [3.63, 3.8) is 0 Å². The number of terminal acetylenes is 1. The van der Waals surface area contributed by atoms with E-state index in [-0.39, 0.29) is 12.6 Å². The average molecular weight is 224 g/mol. The topological polar surface area (TPSA) is 78.4 Å². The van der Waals surface area contributed by atoms with Crippen molar-refractivity contribution in [1.82, 2.24) is 10.6 Å². The number of carbonyl (C=O) groups excluding carboxylic acids is 1. The van der Waals surface area contributed by atoms with Gasteiger partial charge in [0.2, 0.25) is 0 Å². The van der Waals surface area contributed by atoms with Gasteiger partial charge in [-0.25, -0.2) is 4.79 Å². The first-order chi connectivity index (χ1) is 7.54. The normalized spacial score (nSPS) is 18.0. The highest BCUT2D eigenvalue weighted by molar-refractivity contribution is 5.80. The highest BCUT2D eigenvalue weighted by atomic mass is 16.4. The smallest absolute Gasteiger partial charge is 0.315 e. The number of hydrogen-bond acceptors (Lipinski definition) is 2. The number of urea groups is 1. The lowest BCUT2D eigenvalue weighted by atomic mass is 10.1. The molecule has 1 atom stereocenters. The molecule has 1 fully saturated rings. The van der Waals surface area contributed by atoms with Crippen LogP contribution in [0.3, 0.4) is 0 Å². The van der Waals surface area contributed by atoms with Crippen LogP contribution in [0.1, 0.15) is 26.2 Å². The van der Waals surface area contributed by atoms with Gasteiger partial charge in [0.25, 0.3) is 0 Å². The van der Waals surface area contributed by atoms with Crippen LogP contribution < -0.4 is 10.6 Å². The number of aliphatic carboxylic acids is 1. The summed E-state index contributed by atoms with van der Waals surface area (Å²) in [7, 11) is 0. The van der Waals surface area contributed by atoms with E-state index in [9.17, 15) is 9.59 Å². The highest BCUT2D eigenvalue weighted by Crippen LogP contribution is 2.45. The highest BCUT2D eigenvalue weighted by Gasteiger charge is 2.50. The maximum absolute atomic E-state index is 11.4. The van der Waals surface area contributed by atoms with Crippen LogP contribution in [0.2, 0.25) is 0 Å². The Morgan fingerprint density at radius 3 is 2.56 bits per heavy atom. The molecule has 0 aromatic rings. The molecule has 0 aromatic carbocycles. The molecule has 1 aliphatic carbocycles. The van der Waals surface area contributed by atoms with Crippen molar-refractivity contribution in [2.45, 2.75) is 32.2 Å². The molecule has 5 nitrogen and oxygen atoms in total. The van der Waals surface area contributed by atoms with Crippen LogP contribution in [0, 0.1) is 17.8 Å². The van der Waals surface area contributed by atoms with E-state index in [0.717, 1.165) is 0 Å². The summed E-state index contributed by atoms with van der Waals surface area (Å²) >= 11 is 0. The van der Waals surface area contributed by atoms with Gasteiger partial charge in [-0.2, -0.15) is 0 Å². The molecule has 1 rings (SSSR count). The molecule has 3 N–H and O–H groups in total. The summed E-state index contributed by atoms with van der Waals surface area (Å²) in [4.78, 5) is 22.2. The minimum absolute atomic E-state index is 0.162. The first-order valence-electron chi connectivity index (χ1n) is 5.28. The standard InChI is InChI=1S/C11H16N2O3/c1-3-8(4-2)13-10(16)12-7-11(5-6-11)9(14)15/h1,8H,4-7H2,2H3,(H,14,15)(H2,12,13,16). The van der Waals surface area contributed by atoms with E-state index in [1.54, 1.807) is 0 Å². The quantitative estimate of drug-likeness (QED) is 0.597. The Labute approximate surface area is 94.6 Å². The van der Waals surface area contributed by atoms with Gasteiger partial charge in [-0.15, -0.1) is 6.42 Å². The second-order valence-electron chi connectivity index (χ2n) is 4.04. The largest absolute Gasteiger partial charge is 0.481 e. The molecule has 0 bridgehead atoms. The summed E-state index contributed by atoms with van der Waals surface area (Å²) in [5.41, 5.74) is -0.741. The maximum Gasteiger partial charge on any atom is 0.315 e. The second-order valence-corrected chi connectivity index (χ2v) is 4.04.